The first-order valence-corrected chi connectivity index (χ1v) is 13.7. The van der Waals surface area contributed by atoms with Gasteiger partial charge in [0.15, 0.2) is 6.61 Å². The van der Waals surface area contributed by atoms with Crippen molar-refractivity contribution in [2.45, 2.75) is 13.8 Å². The van der Waals surface area contributed by atoms with E-state index in [1.54, 1.807) is 18.2 Å². The van der Waals surface area contributed by atoms with E-state index >= 15 is 0 Å². The van der Waals surface area contributed by atoms with Crippen molar-refractivity contribution in [3.8, 4) is 5.75 Å². The second-order valence-electron chi connectivity index (χ2n) is 8.96. The summed E-state index contributed by atoms with van der Waals surface area (Å²) < 4.78 is 11.5. The van der Waals surface area contributed by atoms with E-state index in [0.717, 1.165) is 16.0 Å². The highest BCUT2D eigenvalue weighted by Gasteiger charge is 2.37. The van der Waals surface area contributed by atoms with Gasteiger partial charge in [0.1, 0.15) is 11.3 Å². The van der Waals surface area contributed by atoms with Crippen molar-refractivity contribution in [2.24, 2.45) is 0 Å². The fourth-order valence-corrected chi connectivity index (χ4v) is 5.40. The van der Waals surface area contributed by atoms with Gasteiger partial charge in [-0.25, -0.2) is 14.5 Å². The molecule has 0 spiro atoms. The van der Waals surface area contributed by atoms with Crippen molar-refractivity contribution in [1.29, 1.82) is 0 Å². The molecule has 210 valence electrons. The van der Waals surface area contributed by atoms with Crippen molar-refractivity contribution < 1.29 is 33.4 Å². The summed E-state index contributed by atoms with van der Waals surface area (Å²) >= 11 is 6.79. The van der Waals surface area contributed by atoms with Gasteiger partial charge in [-0.05, 0) is 83.9 Å². The quantitative estimate of drug-likeness (QED) is 0.196. The van der Waals surface area contributed by atoms with Gasteiger partial charge in [-0.3, -0.25) is 19.7 Å². The molecule has 0 aliphatic carbocycles. The van der Waals surface area contributed by atoms with Gasteiger partial charge in [0.05, 0.1) is 22.8 Å². The standard InChI is InChI=1S/C29H23Br2N3O7/c1-15-4-9-23(16(2)10-15)32-24(35)14-41-25-18(11-19(30)13-22(25)31)12-21-26(36)33-29(39)34(27(21)37)20-7-5-17(6-8-20)28(38)40-3/h4-13H,14H2,1-3H3,(H,32,35)(H,33,36,39)/b21-12-. The number of imide groups is 2. The lowest BCUT2D eigenvalue weighted by molar-refractivity contribution is -0.122. The van der Waals surface area contributed by atoms with E-state index in [0.29, 0.717) is 20.2 Å². The highest BCUT2D eigenvalue weighted by atomic mass is 79.9. The number of barbiturate groups is 1. The maximum absolute atomic E-state index is 13.4. The number of nitrogens with zero attached hydrogens (tertiary/aromatic N) is 1. The van der Waals surface area contributed by atoms with Gasteiger partial charge >= 0.3 is 12.0 Å². The minimum atomic E-state index is -0.946. The van der Waals surface area contributed by atoms with Crippen molar-refractivity contribution in [2.75, 3.05) is 23.9 Å². The van der Waals surface area contributed by atoms with Crippen LogP contribution in [0.2, 0.25) is 0 Å². The van der Waals surface area contributed by atoms with Crippen LogP contribution in [0.4, 0.5) is 16.2 Å². The number of methoxy groups -OCH3 is 1. The molecule has 5 amide bonds. The lowest BCUT2D eigenvalue weighted by Crippen LogP contribution is -2.54. The Morgan fingerprint density at radius 2 is 1.71 bits per heavy atom. The van der Waals surface area contributed by atoms with E-state index < -0.39 is 29.7 Å². The molecule has 12 heteroatoms. The molecule has 1 aliphatic rings. The number of halogens is 2. The zero-order valence-corrected chi connectivity index (χ0v) is 25.2. The minimum Gasteiger partial charge on any atom is -0.482 e. The number of anilines is 2. The molecule has 1 fully saturated rings. The molecule has 0 radical (unpaired) electrons. The number of carbonyl (C=O) groups excluding carboxylic acids is 5. The first-order chi connectivity index (χ1) is 19.5. The number of nitrogens with one attached hydrogen (secondary N) is 2. The number of hydrogen-bond donors (Lipinski definition) is 2. The Labute approximate surface area is 251 Å². The van der Waals surface area contributed by atoms with Crippen molar-refractivity contribution in [3.63, 3.8) is 0 Å². The smallest absolute Gasteiger partial charge is 0.337 e. The van der Waals surface area contributed by atoms with Gasteiger partial charge < -0.3 is 14.8 Å². The summed E-state index contributed by atoms with van der Waals surface area (Å²) in [6, 6.07) is 13.5. The lowest BCUT2D eigenvalue weighted by atomic mass is 10.1. The average Bonchev–Trinajstić information content (AvgIpc) is 2.91. The minimum absolute atomic E-state index is 0.133. The third-order valence-corrected chi connectivity index (χ3v) is 7.04. The van der Waals surface area contributed by atoms with Crippen LogP contribution in [0.25, 0.3) is 6.08 Å². The van der Waals surface area contributed by atoms with Crippen LogP contribution in [0.3, 0.4) is 0 Å². The molecule has 10 nitrogen and oxygen atoms in total. The fraction of sp³-hybridized carbons (Fsp3) is 0.138. The zero-order chi connectivity index (χ0) is 29.8. The lowest BCUT2D eigenvalue weighted by Gasteiger charge is -2.26. The van der Waals surface area contributed by atoms with Gasteiger partial charge in [0.25, 0.3) is 17.7 Å². The second-order valence-corrected chi connectivity index (χ2v) is 10.7. The van der Waals surface area contributed by atoms with E-state index in [1.807, 2.05) is 26.0 Å². The molecule has 1 heterocycles. The number of carbonyl (C=O) groups is 5. The van der Waals surface area contributed by atoms with Crippen LogP contribution in [0, 0.1) is 13.8 Å². The zero-order valence-electron chi connectivity index (χ0n) is 22.0. The Bertz CT molecular complexity index is 1620. The van der Waals surface area contributed by atoms with E-state index in [4.69, 9.17) is 4.74 Å². The molecular weight excluding hydrogens is 662 g/mol. The molecule has 0 bridgehead atoms. The van der Waals surface area contributed by atoms with Gasteiger partial charge in [-0.1, -0.05) is 33.6 Å². The molecular formula is C29H23Br2N3O7. The maximum atomic E-state index is 13.4. The molecule has 4 rings (SSSR count). The largest absolute Gasteiger partial charge is 0.482 e. The summed E-state index contributed by atoms with van der Waals surface area (Å²) in [5.74, 6) is -2.60. The number of rotatable bonds is 7. The van der Waals surface area contributed by atoms with Crippen LogP contribution in [0.5, 0.6) is 5.75 Å². The second kappa shape index (κ2) is 12.5. The molecule has 1 saturated heterocycles. The summed E-state index contributed by atoms with van der Waals surface area (Å²) in [6.45, 7) is 3.48. The van der Waals surface area contributed by atoms with Crippen molar-refractivity contribution in [1.82, 2.24) is 5.32 Å². The van der Waals surface area contributed by atoms with E-state index in [2.05, 4.69) is 47.2 Å². The fourth-order valence-electron chi connectivity index (χ4n) is 4.03. The normalized spacial score (nSPS) is 14.1. The number of ether oxygens (including phenoxy) is 2. The summed E-state index contributed by atoms with van der Waals surface area (Å²) in [7, 11) is 1.23. The molecule has 1 aliphatic heterocycles. The summed E-state index contributed by atoms with van der Waals surface area (Å²) in [4.78, 5) is 63.9. The number of urea groups is 1. The first kappa shape index (κ1) is 29.7. The Hall–Kier alpha value is -4.29. The number of benzene rings is 3. The van der Waals surface area contributed by atoms with E-state index in [9.17, 15) is 24.0 Å². The number of aryl methyl sites for hydroxylation is 2. The van der Waals surface area contributed by atoms with Crippen molar-refractivity contribution >= 4 is 79.0 Å². The third kappa shape index (κ3) is 6.72. The summed E-state index contributed by atoms with van der Waals surface area (Å²) in [5, 5.41) is 4.95. The van der Waals surface area contributed by atoms with Gasteiger partial charge in [-0.2, -0.15) is 0 Å². The Kier molecular flexibility index (Phi) is 9.04. The highest BCUT2D eigenvalue weighted by Crippen LogP contribution is 2.35. The van der Waals surface area contributed by atoms with Crippen molar-refractivity contribution in [3.05, 3.63) is 91.4 Å². The average molecular weight is 685 g/mol. The molecule has 3 aromatic carbocycles. The van der Waals surface area contributed by atoms with E-state index in [1.165, 1.54) is 37.5 Å². The topological polar surface area (TPSA) is 131 Å². The Balaban J connectivity index is 1.61. The van der Waals surface area contributed by atoms with Crippen LogP contribution in [-0.4, -0.2) is 43.4 Å². The molecule has 0 aromatic heterocycles. The molecule has 3 aromatic rings. The van der Waals surface area contributed by atoms with Crippen LogP contribution in [0.15, 0.2) is 69.1 Å². The summed E-state index contributed by atoms with van der Waals surface area (Å²) in [5.41, 5.74) is 2.90. The van der Waals surface area contributed by atoms with E-state index in [-0.39, 0.29) is 29.2 Å². The monoisotopic (exact) mass is 683 g/mol. The molecule has 0 unspecified atom stereocenters. The number of amides is 5. The highest BCUT2D eigenvalue weighted by molar-refractivity contribution is 9.11. The first-order valence-electron chi connectivity index (χ1n) is 12.1. The third-order valence-electron chi connectivity index (χ3n) is 5.99. The van der Waals surface area contributed by atoms with Crippen LogP contribution in [-0.2, 0) is 19.1 Å². The number of hydrogen-bond acceptors (Lipinski definition) is 7. The Morgan fingerprint density at radius 1 is 1.00 bits per heavy atom. The van der Waals surface area contributed by atoms with Crippen LogP contribution < -0.4 is 20.3 Å². The molecule has 0 saturated carbocycles. The van der Waals surface area contributed by atoms with Crippen LogP contribution >= 0.6 is 31.9 Å². The Morgan fingerprint density at radius 3 is 2.37 bits per heavy atom. The predicted molar refractivity (Wildman–Crippen MR) is 159 cm³/mol. The number of esters is 1. The SMILES string of the molecule is COC(=O)c1ccc(N2C(=O)NC(=O)/C(=C/c3cc(Br)cc(Br)c3OCC(=O)Nc3ccc(C)cc3C)C2=O)cc1. The van der Waals surface area contributed by atoms with Gasteiger partial charge in [0.2, 0.25) is 0 Å². The molecule has 41 heavy (non-hydrogen) atoms. The predicted octanol–water partition coefficient (Wildman–Crippen LogP) is 5.30. The van der Waals surface area contributed by atoms with Gasteiger partial charge in [-0.15, -0.1) is 0 Å². The molecule has 0 atom stereocenters. The molecule has 2 N–H and O–H groups in total. The van der Waals surface area contributed by atoms with Crippen LogP contribution in [0.1, 0.15) is 27.0 Å². The summed E-state index contributed by atoms with van der Waals surface area (Å²) in [6.07, 6.45) is 1.27. The van der Waals surface area contributed by atoms with Gasteiger partial charge in [0, 0.05) is 15.7 Å². The maximum Gasteiger partial charge on any atom is 0.337 e.